The second kappa shape index (κ2) is 32.4. The summed E-state index contributed by atoms with van der Waals surface area (Å²) in [6.07, 6.45) is 9.94. The zero-order chi connectivity index (χ0) is 28.2. The van der Waals surface area contributed by atoms with E-state index in [9.17, 15) is 29.7 Å². The number of nitrogens with one attached hydrogen (secondary N) is 3. The molecule has 0 bridgehead atoms. The van der Waals surface area contributed by atoms with Gasteiger partial charge in [0.2, 0.25) is 0 Å². The number of amides is 3. The number of carboxylic acid groups (broad SMARTS) is 3. The Hall–Kier alpha value is -1.67. The molecule has 0 aliphatic rings. The minimum atomic E-state index is -1.16. The van der Waals surface area contributed by atoms with Crippen LogP contribution in [0.2, 0.25) is 0 Å². The number of carbonyl (C=O) groups excluding carboxylic acids is 3. The maximum Gasteiger partial charge on any atom is 3.00 e. The minimum absolute atomic E-state index is 0. The number of hydrogen-bond acceptors (Lipinski definition) is 6. The van der Waals surface area contributed by atoms with E-state index >= 15 is 0 Å². The molecular formula is C27H54FeN3O6. The Morgan fingerprint density at radius 1 is 0.514 bits per heavy atom. The largest absolute Gasteiger partial charge is 3.00 e. The van der Waals surface area contributed by atoms with Gasteiger partial charge < -0.3 is 45.7 Å². The van der Waals surface area contributed by atoms with E-state index in [1.807, 2.05) is 0 Å². The fraction of sp³-hybridized carbons (Fsp3) is 0.889. The van der Waals surface area contributed by atoms with Crippen LogP contribution < -0.4 is 31.3 Å². The molecule has 0 heterocycles. The molecule has 3 amide bonds. The molecule has 0 saturated heterocycles. The number of rotatable bonds is 18. The van der Waals surface area contributed by atoms with Crippen molar-refractivity contribution in [2.75, 3.05) is 19.6 Å². The summed E-state index contributed by atoms with van der Waals surface area (Å²) in [5, 5.41) is 37.1. The number of hydrogen-bond donors (Lipinski definition) is 3. The number of unbranched alkanes of at least 4 members (excludes halogenated alkanes) is 3. The second-order valence-corrected chi connectivity index (χ2v) is 9.25. The van der Waals surface area contributed by atoms with E-state index in [2.05, 4.69) is 57.5 Å². The third-order valence-electron chi connectivity index (χ3n) is 6.24. The quantitative estimate of drug-likeness (QED) is 0.214. The average Bonchev–Trinajstić information content (AvgIpc) is 2.85. The molecule has 3 unspecified atom stereocenters. The van der Waals surface area contributed by atoms with E-state index in [-0.39, 0.29) is 17.1 Å². The monoisotopic (exact) mass is 572 g/mol. The molecule has 0 aromatic rings. The van der Waals surface area contributed by atoms with Gasteiger partial charge in [-0.15, -0.1) is 0 Å². The Morgan fingerprint density at radius 2 is 0.730 bits per heavy atom. The Kier molecular flexibility index (Phi) is 37.1. The van der Waals surface area contributed by atoms with Gasteiger partial charge in [0, 0.05) is 19.6 Å². The van der Waals surface area contributed by atoms with Gasteiger partial charge in [-0.3, -0.25) is 0 Å². The van der Waals surface area contributed by atoms with Crippen molar-refractivity contribution < 1.29 is 46.8 Å². The first-order chi connectivity index (χ1) is 17.1. The molecule has 3 atom stereocenters. The standard InChI is InChI=1S/3C9H19NO2.Fe/c3*1-3-5-6-8(4-2)7-10-9(11)12;/h3*8,10H,3-7H2,1-2H3,(H,11,12);/q;;;+3/p-3. The maximum absolute atomic E-state index is 10.1. The topological polar surface area (TPSA) is 156 Å². The molecule has 221 valence electrons. The molecule has 0 aromatic heterocycles. The average molecular weight is 573 g/mol. The molecule has 0 aliphatic carbocycles. The molecule has 0 saturated carbocycles. The van der Waals surface area contributed by atoms with Crippen molar-refractivity contribution in [2.45, 2.75) is 119 Å². The van der Waals surface area contributed by atoms with Crippen molar-refractivity contribution in [3.8, 4) is 0 Å². The molecule has 0 fully saturated rings. The molecule has 37 heavy (non-hydrogen) atoms. The van der Waals surface area contributed by atoms with Gasteiger partial charge in [-0.2, -0.15) is 0 Å². The SMILES string of the molecule is CCCCC(CC)CNC(=O)[O-].CCCCC(CC)CNC(=O)[O-].CCCCC(CC)CNC(=O)[O-].[Fe+3]. The van der Waals surface area contributed by atoms with E-state index in [1.165, 1.54) is 38.5 Å². The Balaban J connectivity index is -0.000000218. The van der Waals surface area contributed by atoms with Crippen LogP contribution in [0.4, 0.5) is 14.4 Å². The first kappa shape index (κ1) is 42.4. The Labute approximate surface area is 236 Å². The summed E-state index contributed by atoms with van der Waals surface area (Å²) in [6.45, 7) is 14.3. The van der Waals surface area contributed by atoms with E-state index < -0.39 is 18.3 Å². The van der Waals surface area contributed by atoms with Crippen LogP contribution in [0.15, 0.2) is 0 Å². The van der Waals surface area contributed by atoms with Crippen molar-refractivity contribution in [3.05, 3.63) is 0 Å². The van der Waals surface area contributed by atoms with Gasteiger partial charge in [-0.25, -0.2) is 0 Å². The van der Waals surface area contributed by atoms with Crippen molar-refractivity contribution in [1.82, 2.24) is 16.0 Å². The molecule has 0 aromatic carbocycles. The van der Waals surface area contributed by atoms with Gasteiger partial charge in [0.05, 0.1) is 0 Å². The first-order valence-corrected chi connectivity index (χ1v) is 14.0. The van der Waals surface area contributed by atoms with Crippen molar-refractivity contribution >= 4 is 18.3 Å². The minimum Gasteiger partial charge on any atom is -0.530 e. The molecule has 3 N–H and O–H groups in total. The summed E-state index contributed by atoms with van der Waals surface area (Å²) in [4.78, 5) is 30.2. The molecule has 0 spiro atoms. The van der Waals surface area contributed by atoms with Crippen molar-refractivity contribution in [1.29, 1.82) is 0 Å². The van der Waals surface area contributed by atoms with Crippen LogP contribution in [-0.4, -0.2) is 37.9 Å². The third kappa shape index (κ3) is 36.6. The van der Waals surface area contributed by atoms with Crippen molar-refractivity contribution in [2.24, 2.45) is 17.8 Å². The summed E-state index contributed by atoms with van der Waals surface area (Å²) >= 11 is 0. The summed E-state index contributed by atoms with van der Waals surface area (Å²) < 4.78 is 0. The van der Waals surface area contributed by atoms with Gasteiger partial charge in [0.15, 0.2) is 0 Å². The zero-order valence-electron chi connectivity index (χ0n) is 24.1. The smallest absolute Gasteiger partial charge is 0.530 e. The second-order valence-electron chi connectivity index (χ2n) is 9.25. The number of carbonyl (C=O) groups is 3. The maximum atomic E-state index is 10.1. The van der Waals surface area contributed by atoms with Crippen LogP contribution in [0.1, 0.15) is 119 Å². The van der Waals surface area contributed by atoms with Crippen molar-refractivity contribution in [3.63, 3.8) is 0 Å². The van der Waals surface area contributed by atoms with Gasteiger partial charge in [-0.05, 0) is 37.0 Å². The third-order valence-corrected chi connectivity index (χ3v) is 6.24. The molecule has 10 heteroatoms. The van der Waals surface area contributed by atoms with Crippen LogP contribution >= 0.6 is 0 Å². The van der Waals surface area contributed by atoms with Gasteiger partial charge in [0.25, 0.3) is 0 Å². The van der Waals surface area contributed by atoms with Crippen LogP contribution in [0.25, 0.3) is 0 Å². The molecule has 9 nitrogen and oxygen atoms in total. The van der Waals surface area contributed by atoms with Crippen LogP contribution in [0.5, 0.6) is 0 Å². The fourth-order valence-corrected chi connectivity index (χ4v) is 3.51. The van der Waals surface area contributed by atoms with Gasteiger partial charge in [0.1, 0.15) is 18.3 Å². The van der Waals surface area contributed by atoms with Crippen LogP contribution in [0, 0.1) is 17.8 Å². The molecular weight excluding hydrogens is 518 g/mol. The first-order valence-electron chi connectivity index (χ1n) is 14.0. The zero-order valence-corrected chi connectivity index (χ0v) is 25.2. The van der Waals surface area contributed by atoms with E-state index in [4.69, 9.17) is 0 Å². The van der Waals surface area contributed by atoms with E-state index in [1.54, 1.807) is 0 Å². The van der Waals surface area contributed by atoms with Gasteiger partial charge >= 0.3 is 17.1 Å². The molecule has 0 rings (SSSR count). The predicted octanol–water partition coefficient (Wildman–Crippen LogP) is 3.40. The summed E-state index contributed by atoms with van der Waals surface area (Å²) in [7, 11) is 0. The summed E-state index contributed by atoms with van der Waals surface area (Å²) in [6, 6.07) is 0. The molecule has 1 radical (unpaired) electrons. The van der Waals surface area contributed by atoms with E-state index in [0.717, 1.165) is 38.5 Å². The van der Waals surface area contributed by atoms with E-state index in [0.29, 0.717) is 37.4 Å². The van der Waals surface area contributed by atoms with Crippen LogP contribution in [-0.2, 0) is 17.1 Å². The van der Waals surface area contributed by atoms with Crippen LogP contribution in [0.3, 0.4) is 0 Å². The summed E-state index contributed by atoms with van der Waals surface area (Å²) in [5.74, 6) is 1.42. The summed E-state index contributed by atoms with van der Waals surface area (Å²) in [5.41, 5.74) is 0. The predicted molar refractivity (Wildman–Crippen MR) is 140 cm³/mol. The normalized spacial score (nSPS) is 12.2. The molecule has 0 aliphatic heterocycles. The fourth-order valence-electron chi connectivity index (χ4n) is 3.51. The Morgan fingerprint density at radius 3 is 0.865 bits per heavy atom. The Bertz CT molecular complexity index is 455. The van der Waals surface area contributed by atoms with Gasteiger partial charge in [-0.1, -0.05) is 99.3 Å².